The van der Waals surface area contributed by atoms with Gasteiger partial charge in [0.2, 0.25) is 0 Å². The molecule has 1 atom stereocenters. The van der Waals surface area contributed by atoms with Gasteiger partial charge < -0.3 is 9.47 Å². The standard InChI is InChI=1S/C13H16O2/c1-2-4-12-11(3-1)9-13(15-12)10-5-7-14-8-6-10/h1-4,10,13H,5-9H2. The van der Waals surface area contributed by atoms with E-state index < -0.39 is 0 Å². The third-order valence-corrected chi connectivity index (χ3v) is 3.46. The lowest BCUT2D eigenvalue weighted by Crippen LogP contribution is -2.30. The van der Waals surface area contributed by atoms with Crippen LogP contribution in [-0.2, 0) is 11.2 Å². The predicted octanol–water partition coefficient (Wildman–Crippen LogP) is 2.42. The van der Waals surface area contributed by atoms with E-state index in [1.54, 1.807) is 0 Å². The monoisotopic (exact) mass is 204 g/mol. The van der Waals surface area contributed by atoms with Crippen LogP contribution < -0.4 is 4.74 Å². The largest absolute Gasteiger partial charge is 0.490 e. The van der Waals surface area contributed by atoms with Crippen molar-refractivity contribution < 1.29 is 9.47 Å². The second-order valence-electron chi connectivity index (χ2n) is 4.42. The first-order valence-corrected chi connectivity index (χ1v) is 5.76. The van der Waals surface area contributed by atoms with Crippen LogP contribution in [0.4, 0.5) is 0 Å². The van der Waals surface area contributed by atoms with E-state index in [0.717, 1.165) is 38.2 Å². The molecule has 0 saturated carbocycles. The Bertz CT molecular complexity index is 317. The van der Waals surface area contributed by atoms with Crippen molar-refractivity contribution in [1.29, 1.82) is 0 Å². The summed E-state index contributed by atoms with van der Waals surface area (Å²) in [6.45, 7) is 1.81. The maximum absolute atomic E-state index is 5.99. The van der Waals surface area contributed by atoms with E-state index in [9.17, 15) is 0 Å². The van der Waals surface area contributed by atoms with Crippen LogP contribution in [0.15, 0.2) is 24.3 Å². The highest BCUT2D eigenvalue weighted by atomic mass is 16.5. The minimum atomic E-state index is 0.395. The van der Waals surface area contributed by atoms with Crippen LogP contribution >= 0.6 is 0 Å². The minimum Gasteiger partial charge on any atom is -0.490 e. The summed E-state index contributed by atoms with van der Waals surface area (Å²) in [5.74, 6) is 1.78. The van der Waals surface area contributed by atoms with Crippen LogP contribution in [0.1, 0.15) is 18.4 Å². The van der Waals surface area contributed by atoms with E-state index in [1.165, 1.54) is 5.56 Å². The Morgan fingerprint density at radius 3 is 2.67 bits per heavy atom. The van der Waals surface area contributed by atoms with Crippen molar-refractivity contribution in [3.05, 3.63) is 29.8 Å². The molecule has 2 nitrogen and oxygen atoms in total. The summed E-state index contributed by atoms with van der Waals surface area (Å²) in [6, 6.07) is 8.39. The lowest BCUT2D eigenvalue weighted by atomic mass is 9.91. The Morgan fingerprint density at radius 1 is 1.07 bits per heavy atom. The van der Waals surface area contributed by atoms with E-state index in [-0.39, 0.29) is 0 Å². The van der Waals surface area contributed by atoms with Crippen molar-refractivity contribution in [2.24, 2.45) is 5.92 Å². The van der Waals surface area contributed by atoms with Crippen molar-refractivity contribution in [1.82, 2.24) is 0 Å². The third-order valence-electron chi connectivity index (χ3n) is 3.46. The molecule has 0 aromatic heterocycles. The van der Waals surface area contributed by atoms with Crippen LogP contribution in [0.25, 0.3) is 0 Å². The van der Waals surface area contributed by atoms with Gasteiger partial charge in [-0.1, -0.05) is 18.2 Å². The van der Waals surface area contributed by atoms with Gasteiger partial charge in [-0.15, -0.1) is 0 Å². The van der Waals surface area contributed by atoms with E-state index >= 15 is 0 Å². The molecule has 1 unspecified atom stereocenters. The maximum atomic E-state index is 5.99. The van der Waals surface area contributed by atoms with Gasteiger partial charge in [0, 0.05) is 25.6 Å². The highest BCUT2D eigenvalue weighted by Gasteiger charge is 2.31. The quantitative estimate of drug-likeness (QED) is 0.699. The smallest absolute Gasteiger partial charge is 0.123 e. The molecule has 1 saturated heterocycles. The molecule has 0 N–H and O–H groups in total. The first-order valence-electron chi connectivity index (χ1n) is 5.76. The summed E-state index contributed by atoms with van der Waals surface area (Å²) in [5, 5.41) is 0. The fourth-order valence-electron chi connectivity index (χ4n) is 2.56. The fraction of sp³-hybridized carbons (Fsp3) is 0.538. The molecule has 0 radical (unpaired) electrons. The SMILES string of the molecule is c1ccc2c(c1)CC(C1CCOCC1)O2. The molecule has 0 amide bonds. The molecule has 80 valence electrons. The zero-order valence-electron chi connectivity index (χ0n) is 8.82. The van der Waals surface area contributed by atoms with Crippen molar-refractivity contribution >= 4 is 0 Å². The number of benzene rings is 1. The van der Waals surface area contributed by atoms with Gasteiger partial charge in [-0.05, 0) is 24.5 Å². The topological polar surface area (TPSA) is 18.5 Å². The van der Waals surface area contributed by atoms with Gasteiger partial charge in [-0.25, -0.2) is 0 Å². The molecule has 1 aromatic carbocycles. The van der Waals surface area contributed by atoms with Gasteiger partial charge >= 0.3 is 0 Å². The van der Waals surface area contributed by atoms with Crippen molar-refractivity contribution in [2.75, 3.05) is 13.2 Å². The van der Waals surface area contributed by atoms with E-state index in [0.29, 0.717) is 12.0 Å². The number of hydrogen-bond donors (Lipinski definition) is 0. The molecule has 15 heavy (non-hydrogen) atoms. The summed E-state index contributed by atoms with van der Waals surface area (Å²) in [4.78, 5) is 0. The zero-order chi connectivity index (χ0) is 10.1. The number of ether oxygens (including phenoxy) is 2. The Balaban J connectivity index is 1.72. The lowest BCUT2D eigenvalue weighted by molar-refractivity contribution is 0.0249. The molecule has 1 fully saturated rings. The number of fused-ring (bicyclic) bond motifs is 1. The average Bonchev–Trinajstić information content (AvgIpc) is 2.74. The molecular weight excluding hydrogens is 188 g/mol. The van der Waals surface area contributed by atoms with Gasteiger partial charge in [-0.2, -0.15) is 0 Å². The zero-order valence-corrected chi connectivity index (χ0v) is 8.82. The Kier molecular flexibility index (Phi) is 2.37. The van der Waals surface area contributed by atoms with E-state index in [4.69, 9.17) is 9.47 Å². The highest BCUT2D eigenvalue weighted by molar-refractivity contribution is 5.37. The van der Waals surface area contributed by atoms with E-state index in [2.05, 4.69) is 18.2 Å². The van der Waals surface area contributed by atoms with Gasteiger partial charge in [0.05, 0.1) is 0 Å². The summed E-state index contributed by atoms with van der Waals surface area (Å²) in [6.07, 6.45) is 3.78. The van der Waals surface area contributed by atoms with Gasteiger partial charge in [-0.3, -0.25) is 0 Å². The van der Waals surface area contributed by atoms with Crippen LogP contribution in [0.2, 0.25) is 0 Å². The predicted molar refractivity (Wildman–Crippen MR) is 58.1 cm³/mol. The van der Waals surface area contributed by atoms with Crippen molar-refractivity contribution in [3.63, 3.8) is 0 Å². The summed E-state index contributed by atoms with van der Waals surface area (Å²) in [7, 11) is 0. The molecule has 2 heterocycles. The highest BCUT2D eigenvalue weighted by Crippen LogP contribution is 2.34. The molecule has 2 aliphatic rings. The third kappa shape index (κ3) is 1.74. The molecule has 2 aliphatic heterocycles. The Hall–Kier alpha value is -1.02. The van der Waals surface area contributed by atoms with Crippen molar-refractivity contribution in [3.8, 4) is 5.75 Å². The van der Waals surface area contributed by atoms with Crippen molar-refractivity contribution in [2.45, 2.75) is 25.4 Å². The summed E-state index contributed by atoms with van der Waals surface area (Å²) in [5.41, 5.74) is 1.37. The maximum Gasteiger partial charge on any atom is 0.123 e. The molecule has 3 rings (SSSR count). The average molecular weight is 204 g/mol. The second kappa shape index (κ2) is 3.86. The van der Waals surface area contributed by atoms with Crippen LogP contribution in [-0.4, -0.2) is 19.3 Å². The molecule has 2 heteroatoms. The van der Waals surface area contributed by atoms with Crippen LogP contribution in [0.3, 0.4) is 0 Å². The number of rotatable bonds is 1. The molecule has 0 aliphatic carbocycles. The minimum absolute atomic E-state index is 0.395. The summed E-state index contributed by atoms with van der Waals surface area (Å²) >= 11 is 0. The summed E-state index contributed by atoms with van der Waals surface area (Å²) < 4.78 is 11.4. The molecular formula is C13H16O2. The van der Waals surface area contributed by atoms with Gasteiger partial charge in [0.1, 0.15) is 11.9 Å². The first kappa shape index (κ1) is 9.22. The molecule has 1 aromatic rings. The second-order valence-corrected chi connectivity index (χ2v) is 4.42. The fourth-order valence-corrected chi connectivity index (χ4v) is 2.56. The Labute approximate surface area is 90.2 Å². The van der Waals surface area contributed by atoms with E-state index in [1.807, 2.05) is 6.07 Å². The normalized spacial score (nSPS) is 26.0. The van der Waals surface area contributed by atoms with Gasteiger partial charge in [0.25, 0.3) is 0 Å². The van der Waals surface area contributed by atoms with Crippen LogP contribution in [0, 0.1) is 5.92 Å². The molecule has 0 bridgehead atoms. The van der Waals surface area contributed by atoms with Crippen LogP contribution in [0.5, 0.6) is 5.75 Å². The molecule has 0 spiro atoms. The number of hydrogen-bond acceptors (Lipinski definition) is 2. The lowest BCUT2D eigenvalue weighted by Gasteiger charge is -2.26. The Morgan fingerprint density at radius 2 is 1.87 bits per heavy atom. The first-order chi connectivity index (χ1) is 7.43. The van der Waals surface area contributed by atoms with Gasteiger partial charge in [0.15, 0.2) is 0 Å². The number of para-hydroxylation sites is 1.